The Bertz CT molecular complexity index is 528. The van der Waals surface area contributed by atoms with E-state index in [0.29, 0.717) is 0 Å². The number of hydrogen-bond acceptors (Lipinski definition) is 1. The highest BCUT2D eigenvalue weighted by Crippen LogP contribution is 2.22. The molecule has 0 bridgehead atoms. The van der Waals surface area contributed by atoms with Gasteiger partial charge in [-0.1, -0.05) is 11.6 Å². The average molecular weight is 236 g/mol. The SMILES string of the molecule is COc1ccc2c(ccn2C/C(C)=C/Cl)c1. The zero-order valence-corrected chi connectivity index (χ0v) is 10.2. The first-order chi connectivity index (χ1) is 7.74. The van der Waals surface area contributed by atoms with Crippen molar-refractivity contribution in [3.8, 4) is 5.75 Å². The molecular formula is C13H14ClNO. The number of fused-ring (bicyclic) bond motifs is 1. The smallest absolute Gasteiger partial charge is 0.119 e. The molecule has 0 atom stereocenters. The molecule has 2 rings (SSSR count). The van der Waals surface area contributed by atoms with Gasteiger partial charge in [0.1, 0.15) is 5.75 Å². The number of rotatable bonds is 3. The van der Waals surface area contributed by atoms with E-state index in [0.717, 1.165) is 17.9 Å². The quantitative estimate of drug-likeness (QED) is 0.790. The second kappa shape index (κ2) is 4.62. The molecule has 0 fully saturated rings. The van der Waals surface area contributed by atoms with Crippen LogP contribution in [0.2, 0.25) is 0 Å². The minimum absolute atomic E-state index is 0.819. The van der Waals surface area contributed by atoms with Gasteiger partial charge in [-0.05, 0) is 36.8 Å². The lowest BCUT2D eigenvalue weighted by Crippen LogP contribution is -1.96. The van der Waals surface area contributed by atoms with Gasteiger partial charge in [-0.3, -0.25) is 0 Å². The Hall–Kier alpha value is -1.41. The lowest BCUT2D eigenvalue weighted by molar-refractivity contribution is 0.415. The summed E-state index contributed by atoms with van der Waals surface area (Å²) in [6.07, 6.45) is 2.06. The van der Waals surface area contributed by atoms with E-state index in [4.69, 9.17) is 16.3 Å². The maximum Gasteiger partial charge on any atom is 0.119 e. The maximum atomic E-state index is 5.67. The van der Waals surface area contributed by atoms with E-state index >= 15 is 0 Å². The third-order valence-corrected chi connectivity index (χ3v) is 2.96. The van der Waals surface area contributed by atoms with Gasteiger partial charge in [0.05, 0.1) is 7.11 Å². The first-order valence-electron chi connectivity index (χ1n) is 5.13. The zero-order chi connectivity index (χ0) is 11.5. The van der Waals surface area contributed by atoms with Gasteiger partial charge >= 0.3 is 0 Å². The standard InChI is InChI=1S/C13H14ClNO/c1-10(8-14)9-15-6-5-11-7-12(16-2)3-4-13(11)15/h3-8H,9H2,1-2H3/b10-8+. The highest BCUT2D eigenvalue weighted by molar-refractivity contribution is 6.25. The van der Waals surface area contributed by atoms with Gasteiger partial charge in [0.15, 0.2) is 0 Å². The predicted molar refractivity (Wildman–Crippen MR) is 68.1 cm³/mol. The second-order valence-electron chi connectivity index (χ2n) is 3.82. The Morgan fingerprint density at radius 1 is 1.44 bits per heavy atom. The molecule has 3 heteroatoms. The van der Waals surface area contributed by atoms with Crippen molar-refractivity contribution in [1.82, 2.24) is 4.57 Å². The van der Waals surface area contributed by atoms with E-state index in [1.54, 1.807) is 12.6 Å². The molecule has 0 aliphatic rings. The van der Waals surface area contributed by atoms with Crippen LogP contribution < -0.4 is 4.74 Å². The summed E-state index contributed by atoms with van der Waals surface area (Å²) >= 11 is 5.67. The van der Waals surface area contributed by atoms with Gasteiger partial charge in [0.25, 0.3) is 0 Å². The average Bonchev–Trinajstić information content (AvgIpc) is 2.71. The number of nitrogens with zero attached hydrogens (tertiary/aromatic N) is 1. The van der Waals surface area contributed by atoms with E-state index in [1.807, 2.05) is 19.1 Å². The van der Waals surface area contributed by atoms with Crippen LogP contribution in [0.4, 0.5) is 0 Å². The molecule has 1 aromatic heterocycles. The van der Waals surface area contributed by atoms with E-state index < -0.39 is 0 Å². The molecule has 1 heterocycles. The molecule has 0 aliphatic carbocycles. The van der Waals surface area contributed by atoms with Crippen LogP contribution in [-0.2, 0) is 6.54 Å². The summed E-state index contributed by atoms with van der Waals surface area (Å²) in [5, 5.41) is 1.18. The highest BCUT2D eigenvalue weighted by Gasteiger charge is 2.02. The van der Waals surface area contributed by atoms with Crippen LogP contribution in [0.1, 0.15) is 6.92 Å². The number of ether oxygens (including phenoxy) is 1. The Morgan fingerprint density at radius 2 is 2.25 bits per heavy atom. The number of hydrogen-bond donors (Lipinski definition) is 0. The van der Waals surface area contributed by atoms with Crippen LogP contribution in [0.25, 0.3) is 10.9 Å². The molecule has 1 aromatic carbocycles. The van der Waals surface area contributed by atoms with Crippen molar-refractivity contribution in [3.63, 3.8) is 0 Å². The van der Waals surface area contributed by atoms with Crippen LogP contribution in [0.3, 0.4) is 0 Å². The fourth-order valence-electron chi connectivity index (χ4n) is 1.75. The molecule has 0 saturated heterocycles. The number of halogens is 1. The summed E-state index contributed by atoms with van der Waals surface area (Å²) in [7, 11) is 1.68. The molecule has 0 aliphatic heterocycles. The van der Waals surface area contributed by atoms with Crippen LogP contribution in [0.15, 0.2) is 41.6 Å². The fourth-order valence-corrected chi connectivity index (χ4v) is 1.82. The maximum absolute atomic E-state index is 5.67. The Labute approximate surface area is 100 Å². The first kappa shape index (κ1) is 11.1. The van der Waals surface area contributed by atoms with Crippen LogP contribution in [-0.4, -0.2) is 11.7 Å². The zero-order valence-electron chi connectivity index (χ0n) is 9.40. The molecule has 84 valence electrons. The first-order valence-corrected chi connectivity index (χ1v) is 5.57. The van der Waals surface area contributed by atoms with Crippen molar-refractivity contribution in [3.05, 3.63) is 41.6 Å². The second-order valence-corrected chi connectivity index (χ2v) is 4.04. The van der Waals surface area contributed by atoms with Crippen LogP contribution in [0, 0.1) is 0 Å². The molecule has 0 spiro atoms. The third kappa shape index (κ3) is 2.07. The molecular weight excluding hydrogens is 222 g/mol. The van der Waals surface area contributed by atoms with Gasteiger partial charge in [-0.25, -0.2) is 0 Å². The van der Waals surface area contributed by atoms with Crippen LogP contribution in [0.5, 0.6) is 5.75 Å². The molecule has 0 radical (unpaired) electrons. The largest absolute Gasteiger partial charge is 0.497 e. The Balaban J connectivity index is 2.41. The molecule has 0 unspecified atom stereocenters. The minimum Gasteiger partial charge on any atom is -0.497 e. The van der Waals surface area contributed by atoms with E-state index in [-0.39, 0.29) is 0 Å². The Morgan fingerprint density at radius 3 is 2.94 bits per heavy atom. The van der Waals surface area contributed by atoms with Crippen LogP contribution >= 0.6 is 11.6 Å². The van der Waals surface area contributed by atoms with Crippen molar-refractivity contribution in [2.75, 3.05) is 7.11 Å². The van der Waals surface area contributed by atoms with Crippen molar-refractivity contribution in [2.24, 2.45) is 0 Å². The number of benzene rings is 1. The van der Waals surface area contributed by atoms with Crippen molar-refractivity contribution >= 4 is 22.5 Å². The topological polar surface area (TPSA) is 14.2 Å². The third-order valence-electron chi connectivity index (χ3n) is 2.58. The fraction of sp³-hybridized carbons (Fsp3) is 0.231. The molecule has 0 saturated carbocycles. The highest BCUT2D eigenvalue weighted by atomic mass is 35.5. The molecule has 2 aromatic rings. The number of aromatic nitrogens is 1. The lowest BCUT2D eigenvalue weighted by atomic mass is 10.2. The van der Waals surface area contributed by atoms with E-state index in [2.05, 4.69) is 22.9 Å². The van der Waals surface area contributed by atoms with Gasteiger partial charge in [-0.15, -0.1) is 0 Å². The molecule has 16 heavy (non-hydrogen) atoms. The van der Waals surface area contributed by atoms with Gasteiger partial charge in [-0.2, -0.15) is 0 Å². The molecule has 0 N–H and O–H groups in total. The number of allylic oxidation sites excluding steroid dienone is 1. The van der Waals surface area contributed by atoms with Crippen molar-refractivity contribution < 1.29 is 4.74 Å². The summed E-state index contributed by atoms with van der Waals surface area (Å²) in [5.74, 6) is 0.884. The van der Waals surface area contributed by atoms with Crippen molar-refractivity contribution in [1.29, 1.82) is 0 Å². The van der Waals surface area contributed by atoms with E-state index in [1.165, 1.54) is 10.9 Å². The molecule has 0 amide bonds. The number of methoxy groups -OCH3 is 1. The predicted octanol–water partition coefficient (Wildman–Crippen LogP) is 3.79. The normalized spacial score (nSPS) is 12.1. The summed E-state index contributed by atoms with van der Waals surface area (Å²) in [6, 6.07) is 8.15. The van der Waals surface area contributed by atoms with Gasteiger partial charge in [0, 0.05) is 29.2 Å². The van der Waals surface area contributed by atoms with Gasteiger partial charge < -0.3 is 9.30 Å². The van der Waals surface area contributed by atoms with Gasteiger partial charge in [0.2, 0.25) is 0 Å². The lowest BCUT2D eigenvalue weighted by Gasteiger charge is -2.05. The summed E-state index contributed by atoms with van der Waals surface area (Å²) in [4.78, 5) is 0. The monoisotopic (exact) mass is 235 g/mol. The Kier molecular flexibility index (Phi) is 3.20. The summed E-state index contributed by atoms with van der Waals surface area (Å²) in [5.41, 5.74) is 3.95. The minimum atomic E-state index is 0.819. The van der Waals surface area contributed by atoms with E-state index in [9.17, 15) is 0 Å². The molecule has 2 nitrogen and oxygen atoms in total. The summed E-state index contributed by atoms with van der Waals surface area (Å²) < 4.78 is 7.36. The van der Waals surface area contributed by atoms with Crippen molar-refractivity contribution in [2.45, 2.75) is 13.5 Å². The summed E-state index contributed by atoms with van der Waals surface area (Å²) in [6.45, 7) is 2.84.